The summed E-state index contributed by atoms with van der Waals surface area (Å²) in [5.41, 5.74) is 2.79. The van der Waals surface area contributed by atoms with Crippen LogP contribution >= 0.6 is 11.6 Å². The number of alkyl halides is 2. The summed E-state index contributed by atoms with van der Waals surface area (Å²) in [5, 5.41) is 0.561. The number of aryl methyl sites for hydroxylation is 1. The molecule has 0 bridgehead atoms. The first-order chi connectivity index (χ1) is 9.82. The minimum Gasteiger partial charge on any atom is -0.264 e. The molecule has 0 aliphatic carbocycles. The Kier molecular flexibility index (Phi) is 4.37. The third-order valence-corrected chi connectivity index (χ3v) is 3.53. The molecule has 110 valence electrons. The highest BCUT2D eigenvalue weighted by Gasteiger charge is 2.25. The molecule has 0 aromatic carbocycles. The first-order valence-electron chi connectivity index (χ1n) is 6.45. The highest BCUT2D eigenvalue weighted by molar-refractivity contribution is 6.48. The van der Waals surface area contributed by atoms with E-state index in [-0.39, 0.29) is 5.56 Å². The maximum atomic E-state index is 13.4. The molecular weight excluding hydrogens is 294 g/mol. The largest absolute Gasteiger partial charge is 0.272 e. The van der Waals surface area contributed by atoms with Crippen LogP contribution in [0.1, 0.15) is 30.7 Å². The van der Waals surface area contributed by atoms with Crippen LogP contribution in [-0.4, -0.2) is 9.97 Å². The van der Waals surface area contributed by atoms with Gasteiger partial charge in [-0.3, -0.25) is 9.97 Å². The summed E-state index contributed by atoms with van der Waals surface area (Å²) in [4.78, 5) is 8.19. The van der Waals surface area contributed by atoms with Crippen molar-refractivity contribution in [2.45, 2.75) is 26.7 Å². The smallest absolute Gasteiger partial charge is 0.264 e. The summed E-state index contributed by atoms with van der Waals surface area (Å²) in [6, 6.07) is 3.29. The zero-order valence-electron chi connectivity index (χ0n) is 12.0. The topological polar surface area (TPSA) is 25.8 Å². The van der Waals surface area contributed by atoms with Crippen molar-refractivity contribution in [2.75, 3.05) is 0 Å². The maximum absolute atomic E-state index is 13.4. The second-order valence-corrected chi connectivity index (χ2v) is 5.28. The second kappa shape index (κ2) is 5.90. The Morgan fingerprint density at radius 3 is 2.43 bits per heavy atom. The lowest BCUT2D eigenvalue weighted by Gasteiger charge is -2.12. The van der Waals surface area contributed by atoms with Gasteiger partial charge in [0, 0.05) is 42.2 Å². The molecule has 0 atom stereocenters. The lowest BCUT2D eigenvalue weighted by molar-refractivity contribution is 0.0171. The molecule has 0 radical (unpaired) electrons. The molecule has 2 heterocycles. The Hall–Kier alpha value is -1.81. The molecule has 0 amide bonds. The number of aromatic nitrogens is 2. The summed E-state index contributed by atoms with van der Waals surface area (Å²) < 4.78 is 26.7. The zero-order chi connectivity index (χ0) is 15.6. The van der Waals surface area contributed by atoms with E-state index in [0.29, 0.717) is 16.3 Å². The van der Waals surface area contributed by atoms with Crippen molar-refractivity contribution in [3.8, 4) is 11.1 Å². The van der Waals surface area contributed by atoms with Crippen LogP contribution in [0.5, 0.6) is 0 Å². The molecule has 0 N–H and O–H groups in total. The number of halogens is 3. The first-order valence-corrected chi connectivity index (χ1v) is 6.83. The van der Waals surface area contributed by atoms with E-state index in [0.717, 1.165) is 18.1 Å². The van der Waals surface area contributed by atoms with Gasteiger partial charge < -0.3 is 0 Å². The Morgan fingerprint density at radius 1 is 1.19 bits per heavy atom. The molecule has 2 rings (SSSR count). The normalized spacial score (nSPS) is 12.6. The number of rotatable bonds is 3. The van der Waals surface area contributed by atoms with Crippen LogP contribution < -0.4 is 0 Å². The minimum absolute atomic E-state index is 0.117. The van der Waals surface area contributed by atoms with Crippen molar-refractivity contribution in [2.24, 2.45) is 0 Å². The van der Waals surface area contributed by atoms with Crippen LogP contribution in [0.3, 0.4) is 0 Å². The molecule has 21 heavy (non-hydrogen) atoms. The number of hydrogen-bond donors (Lipinski definition) is 0. The lowest BCUT2D eigenvalue weighted by atomic mass is 10.0. The monoisotopic (exact) mass is 308 g/mol. The van der Waals surface area contributed by atoms with Gasteiger partial charge in [-0.1, -0.05) is 17.7 Å². The summed E-state index contributed by atoms with van der Waals surface area (Å²) >= 11 is 6.07. The van der Waals surface area contributed by atoms with Gasteiger partial charge in [-0.15, -0.1) is 0 Å². The van der Waals surface area contributed by atoms with Gasteiger partial charge in [-0.05, 0) is 31.5 Å². The fourth-order valence-corrected chi connectivity index (χ4v) is 2.16. The van der Waals surface area contributed by atoms with Crippen LogP contribution in [-0.2, 0) is 5.92 Å². The van der Waals surface area contributed by atoms with Crippen molar-refractivity contribution >= 4 is 16.6 Å². The summed E-state index contributed by atoms with van der Waals surface area (Å²) in [6.07, 6.45) is 6.09. The SMILES string of the molecule is C/C=C(/Cl)c1ncc(-c2cncc(C(C)(F)F)c2)cc1C. The van der Waals surface area contributed by atoms with Gasteiger partial charge in [0.1, 0.15) is 0 Å². The van der Waals surface area contributed by atoms with E-state index in [1.807, 2.05) is 19.9 Å². The molecule has 0 saturated heterocycles. The Bertz CT molecular complexity index is 691. The van der Waals surface area contributed by atoms with Gasteiger partial charge in [0.25, 0.3) is 5.92 Å². The molecule has 0 saturated carbocycles. The average Bonchev–Trinajstić information content (AvgIpc) is 2.45. The Balaban J connectivity index is 2.46. The predicted molar refractivity (Wildman–Crippen MR) is 81.3 cm³/mol. The third kappa shape index (κ3) is 3.45. The van der Waals surface area contributed by atoms with Gasteiger partial charge >= 0.3 is 0 Å². The molecule has 0 aliphatic heterocycles. The summed E-state index contributed by atoms with van der Waals surface area (Å²) in [7, 11) is 0. The highest BCUT2D eigenvalue weighted by Crippen LogP contribution is 2.30. The van der Waals surface area contributed by atoms with Gasteiger partial charge in [0.15, 0.2) is 0 Å². The van der Waals surface area contributed by atoms with Gasteiger partial charge in [-0.25, -0.2) is 8.78 Å². The van der Waals surface area contributed by atoms with Crippen LogP contribution in [0, 0.1) is 6.92 Å². The van der Waals surface area contributed by atoms with Gasteiger partial charge in [0.05, 0.1) is 10.7 Å². The second-order valence-electron chi connectivity index (χ2n) is 4.88. The van der Waals surface area contributed by atoms with Crippen molar-refractivity contribution in [1.29, 1.82) is 0 Å². The van der Waals surface area contributed by atoms with E-state index < -0.39 is 5.92 Å². The highest BCUT2D eigenvalue weighted by atomic mass is 35.5. The predicted octanol–water partition coefficient (Wildman–Crippen LogP) is 5.16. The van der Waals surface area contributed by atoms with Crippen molar-refractivity contribution < 1.29 is 8.78 Å². The Morgan fingerprint density at radius 2 is 1.86 bits per heavy atom. The molecule has 0 spiro atoms. The number of pyridine rings is 2. The minimum atomic E-state index is -2.92. The van der Waals surface area contributed by atoms with Crippen molar-refractivity contribution in [1.82, 2.24) is 9.97 Å². The van der Waals surface area contributed by atoms with E-state index >= 15 is 0 Å². The molecule has 0 unspecified atom stereocenters. The fourth-order valence-electron chi connectivity index (χ4n) is 1.96. The molecule has 0 fully saturated rings. The molecular formula is C16H15ClF2N2. The lowest BCUT2D eigenvalue weighted by Crippen LogP contribution is -2.07. The van der Waals surface area contributed by atoms with E-state index in [1.165, 1.54) is 12.3 Å². The fraction of sp³-hybridized carbons (Fsp3) is 0.250. The molecule has 0 aliphatic rings. The molecule has 2 aromatic heterocycles. The number of hydrogen-bond acceptors (Lipinski definition) is 2. The van der Waals surface area contributed by atoms with Gasteiger partial charge in [-0.2, -0.15) is 0 Å². The van der Waals surface area contributed by atoms with Crippen LogP contribution in [0.25, 0.3) is 16.2 Å². The molecule has 2 nitrogen and oxygen atoms in total. The van der Waals surface area contributed by atoms with Gasteiger partial charge in [0.2, 0.25) is 0 Å². The number of allylic oxidation sites excluding steroid dienone is 1. The summed E-state index contributed by atoms with van der Waals surface area (Å²) in [5.74, 6) is -2.92. The van der Waals surface area contributed by atoms with Crippen LogP contribution in [0.4, 0.5) is 8.78 Å². The average molecular weight is 309 g/mol. The molecule has 5 heteroatoms. The quantitative estimate of drug-likeness (QED) is 0.782. The van der Waals surface area contributed by atoms with Crippen LogP contribution in [0.15, 0.2) is 36.8 Å². The standard InChI is InChI=1S/C16H15ClF2N2/c1-4-14(17)15-10(2)5-11(8-21-15)12-6-13(9-20-7-12)16(3,18)19/h4-9H,1-3H3/b14-4+. The summed E-state index contributed by atoms with van der Waals surface area (Å²) in [6.45, 7) is 4.56. The van der Waals surface area contributed by atoms with Crippen LogP contribution in [0.2, 0.25) is 0 Å². The Labute approximate surface area is 127 Å². The van der Waals surface area contributed by atoms with E-state index in [9.17, 15) is 8.78 Å². The van der Waals surface area contributed by atoms with Crippen molar-refractivity contribution in [3.05, 3.63) is 53.6 Å². The van der Waals surface area contributed by atoms with E-state index in [2.05, 4.69) is 9.97 Å². The van der Waals surface area contributed by atoms with E-state index in [4.69, 9.17) is 11.6 Å². The maximum Gasteiger partial charge on any atom is 0.272 e. The van der Waals surface area contributed by atoms with Crippen molar-refractivity contribution in [3.63, 3.8) is 0 Å². The third-order valence-electron chi connectivity index (χ3n) is 3.14. The van der Waals surface area contributed by atoms with E-state index in [1.54, 1.807) is 18.5 Å². The molecule has 2 aromatic rings. The number of nitrogens with zero attached hydrogens (tertiary/aromatic N) is 2. The zero-order valence-corrected chi connectivity index (χ0v) is 12.7. The first kappa shape index (κ1) is 15.6.